The lowest BCUT2D eigenvalue weighted by Gasteiger charge is -2.36. The molecule has 2 aliphatic rings. The highest BCUT2D eigenvalue weighted by Crippen LogP contribution is 2.30. The van der Waals surface area contributed by atoms with Crippen molar-refractivity contribution in [2.24, 2.45) is 11.7 Å². The van der Waals surface area contributed by atoms with Crippen LogP contribution in [0.15, 0.2) is 0 Å². The van der Waals surface area contributed by atoms with Gasteiger partial charge in [0.2, 0.25) is 11.8 Å². The summed E-state index contributed by atoms with van der Waals surface area (Å²) in [7, 11) is 0. The number of amides is 2. The third-order valence-electron chi connectivity index (χ3n) is 4.33. The SMILES string of the molecule is CC1CCCC(N)(C(=O)NC2CCCCNC2=O)C1. The number of nitrogens with two attached hydrogens (primary N) is 1. The van der Waals surface area contributed by atoms with Crippen molar-refractivity contribution in [1.29, 1.82) is 0 Å². The molecule has 0 aromatic rings. The van der Waals surface area contributed by atoms with Crippen molar-refractivity contribution in [2.75, 3.05) is 6.54 Å². The summed E-state index contributed by atoms with van der Waals surface area (Å²) < 4.78 is 0. The third-order valence-corrected chi connectivity index (χ3v) is 4.33. The number of rotatable bonds is 2. The first-order valence-corrected chi connectivity index (χ1v) is 7.39. The molecule has 1 aliphatic heterocycles. The second-order valence-electron chi connectivity index (χ2n) is 6.17. The van der Waals surface area contributed by atoms with Crippen LogP contribution in [0.1, 0.15) is 51.9 Å². The van der Waals surface area contributed by atoms with E-state index in [1.807, 2.05) is 0 Å². The van der Waals surface area contributed by atoms with Gasteiger partial charge in [-0.15, -0.1) is 0 Å². The van der Waals surface area contributed by atoms with Crippen LogP contribution in [0.5, 0.6) is 0 Å². The zero-order chi connectivity index (χ0) is 13.9. The number of hydrogen-bond acceptors (Lipinski definition) is 3. The van der Waals surface area contributed by atoms with Gasteiger partial charge in [-0.05, 0) is 38.0 Å². The minimum Gasteiger partial charge on any atom is -0.354 e. The molecule has 5 nitrogen and oxygen atoms in total. The molecule has 1 saturated heterocycles. The molecule has 108 valence electrons. The standard InChI is InChI=1S/C14H25N3O2/c1-10-5-4-7-14(15,9-10)13(19)17-11-6-2-3-8-16-12(11)18/h10-11H,2-9,15H2,1H3,(H,16,18)(H,17,19). The quantitative estimate of drug-likeness (QED) is 0.688. The second kappa shape index (κ2) is 5.90. The molecule has 2 fully saturated rings. The van der Waals surface area contributed by atoms with Crippen LogP contribution in [-0.2, 0) is 9.59 Å². The van der Waals surface area contributed by atoms with E-state index in [-0.39, 0.29) is 11.8 Å². The first-order valence-electron chi connectivity index (χ1n) is 7.39. The molecular formula is C14H25N3O2. The van der Waals surface area contributed by atoms with Gasteiger partial charge in [0.15, 0.2) is 0 Å². The normalized spacial score (nSPS) is 36.2. The molecular weight excluding hydrogens is 242 g/mol. The van der Waals surface area contributed by atoms with Crippen molar-refractivity contribution in [3.63, 3.8) is 0 Å². The maximum absolute atomic E-state index is 12.4. The Hall–Kier alpha value is -1.10. The van der Waals surface area contributed by atoms with Gasteiger partial charge >= 0.3 is 0 Å². The number of carbonyl (C=O) groups is 2. The summed E-state index contributed by atoms with van der Waals surface area (Å²) in [6.45, 7) is 2.84. The average molecular weight is 267 g/mol. The molecule has 1 aliphatic carbocycles. The van der Waals surface area contributed by atoms with Crippen LogP contribution in [0, 0.1) is 5.92 Å². The summed E-state index contributed by atoms with van der Waals surface area (Å²) in [5.41, 5.74) is 5.46. The van der Waals surface area contributed by atoms with Gasteiger partial charge in [0.25, 0.3) is 0 Å². The minimum absolute atomic E-state index is 0.0710. The molecule has 1 saturated carbocycles. The Morgan fingerprint density at radius 1 is 1.37 bits per heavy atom. The highest BCUT2D eigenvalue weighted by molar-refractivity contribution is 5.92. The largest absolute Gasteiger partial charge is 0.354 e. The molecule has 5 heteroatoms. The van der Waals surface area contributed by atoms with E-state index in [4.69, 9.17) is 5.73 Å². The lowest BCUT2D eigenvalue weighted by atomic mass is 9.76. The Morgan fingerprint density at radius 2 is 2.16 bits per heavy atom. The highest BCUT2D eigenvalue weighted by atomic mass is 16.2. The summed E-state index contributed by atoms with van der Waals surface area (Å²) in [6.07, 6.45) is 6.20. The van der Waals surface area contributed by atoms with Gasteiger partial charge in [0, 0.05) is 6.54 Å². The van der Waals surface area contributed by atoms with Gasteiger partial charge in [0.05, 0.1) is 5.54 Å². The lowest BCUT2D eigenvalue weighted by molar-refractivity contribution is -0.133. The first-order chi connectivity index (χ1) is 9.01. The van der Waals surface area contributed by atoms with Crippen LogP contribution in [0.4, 0.5) is 0 Å². The fourth-order valence-corrected chi connectivity index (χ4v) is 3.18. The molecule has 2 amide bonds. The topological polar surface area (TPSA) is 84.2 Å². The van der Waals surface area contributed by atoms with Crippen LogP contribution in [0.2, 0.25) is 0 Å². The maximum atomic E-state index is 12.4. The van der Waals surface area contributed by atoms with Crippen molar-refractivity contribution >= 4 is 11.8 Å². The molecule has 0 bridgehead atoms. The first kappa shape index (κ1) is 14.3. The Labute approximate surface area is 114 Å². The lowest BCUT2D eigenvalue weighted by Crippen LogP contribution is -2.59. The summed E-state index contributed by atoms with van der Waals surface area (Å²) in [4.78, 5) is 24.2. The van der Waals surface area contributed by atoms with E-state index in [0.29, 0.717) is 25.3 Å². The molecule has 0 radical (unpaired) electrons. The molecule has 0 spiro atoms. The zero-order valence-corrected chi connectivity index (χ0v) is 11.7. The molecule has 3 atom stereocenters. The average Bonchev–Trinajstić information content (AvgIpc) is 2.54. The maximum Gasteiger partial charge on any atom is 0.242 e. The minimum atomic E-state index is -0.787. The Kier molecular flexibility index (Phi) is 4.45. The Morgan fingerprint density at radius 3 is 2.89 bits per heavy atom. The molecule has 1 heterocycles. The molecule has 4 N–H and O–H groups in total. The van der Waals surface area contributed by atoms with Gasteiger partial charge in [-0.25, -0.2) is 0 Å². The van der Waals surface area contributed by atoms with Gasteiger partial charge in [-0.1, -0.05) is 19.8 Å². The van der Waals surface area contributed by atoms with E-state index in [1.54, 1.807) is 0 Å². The predicted molar refractivity (Wildman–Crippen MR) is 73.3 cm³/mol. The van der Waals surface area contributed by atoms with Crippen molar-refractivity contribution in [3.05, 3.63) is 0 Å². The van der Waals surface area contributed by atoms with E-state index < -0.39 is 11.6 Å². The van der Waals surface area contributed by atoms with Gasteiger partial charge in [-0.3, -0.25) is 9.59 Å². The predicted octanol–water partition coefficient (Wildman–Crippen LogP) is 0.679. The van der Waals surface area contributed by atoms with Crippen LogP contribution in [-0.4, -0.2) is 29.9 Å². The highest BCUT2D eigenvalue weighted by Gasteiger charge is 2.39. The Balaban J connectivity index is 1.97. The molecule has 3 unspecified atom stereocenters. The van der Waals surface area contributed by atoms with Gasteiger partial charge < -0.3 is 16.4 Å². The van der Waals surface area contributed by atoms with Crippen molar-refractivity contribution < 1.29 is 9.59 Å². The zero-order valence-electron chi connectivity index (χ0n) is 11.7. The summed E-state index contributed by atoms with van der Waals surface area (Å²) in [5.74, 6) is 0.256. The fraction of sp³-hybridized carbons (Fsp3) is 0.857. The van der Waals surface area contributed by atoms with E-state index in [0.717, 1.165) is 32.1 Å². The Bertz CT molecular complexity index is 359. The van der Waals surface area contributed by atoms with Crippen LogP contribution in [0.3, 0.4) is 0 Å². The van der Waals surface area contributed by atoms with Gasteiger partial charge in [0.1, 0.15) is 6.04 Å². The number of carbonyl (C=O) groups excluding carboxylic acids is 2. The number of nitrogens with one attached hydrogen (secondary N) is 2. The summed E-state index contributed by atoms with van der Waals surface area (Å²) in [5, 5.41) is 5.69. The molecule has 2 rings (SSSR count). The van der Waals surface area contributed by atoms with Crippen LogP contribution < -0.4 is 16.4 Å². The van der Waals surface area contributed by atoms with E-state index in [9.17, 15) is 9.59 Å². The van der Waals surface area contributed by atoms with Crippen LogP contribution in [0.25, 0.3) is 0 Å². The van der Waals surface area contributed by atoms with Gasteiger partial charge in [-0.2, -0.15) is 0 Å². The van der Waals surface area contributed by atoms with E-state index in [2.05, 4.69) is 17.6 Å². The molecule has 19 heavy (non-hydrogen) atoms. The van der Waals surface area contributed by atoms with Crippen LogP contribution >= 0.6 is 0 Å². The third kappa shape index (κ3) is 3.47. The van der Waals surface area contributed by atoms with E-state index >= 15 is 0 Å². The summed E-state index contributed by atoms with van der Waals surface area (Å²) in [6, 6.07) is -0.410. The van der Waals surface area contributed by atoms with Crippen molar-refractivity contribution in [2.45, 2.75) is 63.5 Å². The monoisotopic (exact) mass is 267 g/mol. The number of hydrogen-bond donors (Lipinski definition) is 3. The van der Waals surface area contributed by atoms with E-state index in [1.165, 1.54) is 0 Å². The fourth-order valence-electron chi connectivity index (χ4n) is 3.18. The van der Waals surface area contributed by atoms with Crippen molar-refractivity contribution in [3.8, 4) is 0 Å². The smallest absolute Gasteiger partial charge is 0.242 e. The molecule has 0 aromatic heterocycles. The van der Waals surface area contributed by atoms with Crippen molar-refractivity contribution in [1.82, 2.24) is 10.6 Å². The molecule has 0 aromatic carbocycles. The second-order valence-corrected chi connectivity index (χ2v) is 6.17. The summed E-state index contributed by atoms with van der Waals surface area (Å²) >= 11 is 0.